The van der Waals surface area contributed by atoms with Gasteiger partial charge in [-0.3, -0.25) is 0 Å². The molecule has 0 bridgehead atoms. The molecule has 19 heavy (non-hydrogen) atoms. The fraction of sp³-hybridized carbons (Fsp3) is 0.214. The van der Waals surface area contributed by atoms with Crippen molar-refractivity contribution in [3.63, 3.8) is 0 Å². The van der Waals surface area contributed by atoms with E-state index in [0.717, 1.165) is 15.0 Å². The van der Waals surface area contributed by atoms with Gasteiger partial charge in [-0.2, -0.15) is 0 Å². The molecule has 0 saturated carbocycles. The van der Waals surface area contributed by atoms with Crippen molar-refractivity contribution in [1.29, 1.82) is 0 Å². The van der Waals surface area contributed by atoms with Crippen molar-refractivity contribution >= 4 is 45.6 Å². The summed E-state index contributed by atoms with van der Waals surface area (Å²) >= 11 is 11.3. The number of nitrogens with zero attached hydrogens (tertiary/aromatic N) is 1. The number of aromatic nitrogens is 1. The van der Waals surface area contributed by atoms with Crippen molar-refractivity contribution in [2.75, 3.05) is 0 Å². The Balaban J connectivity index is 2.09. The molecule has 3 heterocycles. The first-order chi connectivity index (χ1) is 9.06. The molecule has 0 aliphatic heterocycles. The highest BCUT2D eigenvalue weighted by molar-refractivity contribution is 7.27. The summed E-state index contributed by atoms with van der Waals surface area (Å²) in [6, 6.07) is 4.42. The van der Waals surface area contributed by atoms with Crippen LogP contribution in [0.2, 0.25) is 4.34 Å². The average Bonchev–Trinajstić information content (AvgIpc) is 3.01. The summed E-state index contributed by atoms with van der Waals surface area (Å²) in [5.74, 6) is 0. The van der Waals surface area contributed by atoms with E-state index in [9.17, 15) is 0 Å². The minimum Gasteiger partial charge on any atom is -0.239 e. The molecule has 3 aromatic rings. The smallest absolute Gasteiger partial charge is 0.135 e. The van der Waals surface area contributed by atoms with Gasteiger partial charge in [0.05, 0.1) is 10.6 Å². The molecule has 0 N–H and O–H groups in total. The van der Waals surface area contributed by atoms with Gasteiger partial charge >= 0.3 is 0 Å². The molecule has 0 aromatic carbocycles. The van der Waals surface area contributed by atoms with E-state index in [1.807, 2.05) is 6.92 Å². The third-order valence-electron chi connectivity index (χ3n) is 2.94. The zero-order valence-corrected chi connectivity index (χ0v) is 14.0. The second-order valence-electron chi connectivity index (χ2n) is 4.43. The van der Waals surface area contributed by atoms with Gasteiger partial charge in [-0.1, -0.05) is 11.6 Å². The number of rotatable bonds is 2. The first-order valence-corrected chi connectivity index (χ1v) is 8.73. The first-order valence-electron chi connectivity index (χ1n) is 5.84. The Morgan fingerprint density at radius 1 is 1.05 bits per heavy atom. The first kappa shape index (κ1) is 13.3. The summed E-state index contributed by atoms with van der Waals surface area (Å²) < 4.78 is 0.789. The van der Waals surface area contributed by atoms with E-state index in [4.69, 9.17) is 11.6 Å². The summed E-state index contributed by atoms with van der Waals surface area (Å²) in [5.41, 5.74) is 3.53. The Morgan fingerprint density at radius 2 is 1.84 bits per heavy atom. The third kappa shape index (κ3) is 2.38. The third-order valence-corrected chi connectivity index (χ3v) is 6.98. The van der Waals surface area contributed by atoms with E-state index >= 15 is 0 Å². The van der Waals surface area contributed by atoms with Crippen LogP contribution in [-0.4, -0.2) is 4.98 Å². The minimum absolute atomic E-state index is 0.789. The fourth-order valence-electron chi connectivity index (χ4n) is 1.91. The second kappa shape index (κ2) is 5.02. The summed E-state index contributed by atoms with van der Waals surface area (Å²) in [6.07, 6.45) is 0. The maximum absolute atomic E-state index is 6.13. The van der Waals surface area contributed by atoms with Crippen LogP contribution < -0.4 is 0 Å². The molecule has 0 saturated heterocycles. The van der Waals surface area contributed by atoms with E-state index < -0.39 is 0 Å². The van der Waals surface area contributed by atoms with Gasteiger partial charge in [0.1, 0.15) is 9.34 Å². The Hall–Kier alpha value is -0.680. The van der Waals surface area contributed by atoms with Crippen molar-refractivity contribution in [3.8, 4) is 19.6 Å². The highest BCUT2D eigenvalue weighted by Gasteiger charge is 2.15. The Labute approximate surface area is 129 Å². The minimum atomic E-state index is 0.789. The SMILES string of the molecule is Cc1ccsc1-c1cc(C)c(-c2nc(C)c(Cl)s2)s1. The van der Waals surface area contributed by atoms with E-state index in [0.29, 0.717) is 0 Å². The molecule has 0 spiro atoms. The predicted molar refractivity (Wildman–Crippen MR) is 88.0 cm³/mol. The van der Waals surface area contributed by atoms with Gasteiger partial charge in [-0.25, -0.2) is 4.98 Å². The van der Waals surface area contributed by atoms with E-state index in [1.54, 1.807) is 34.0 Å². The van der Waals surface area contributed by atoms with Gasteiger partial charge in [0, 0.05) is 9.75 Å². The van der Waals surface area contributed by atoms with E-state index in [1.165, 1.54) is 25.8 Å². The Morgan fingerprint density at radius 3 is 2.42 bits per heavy atom. The normalized spacial score (nSPS) is 11.2. The maximum Gasteiger partial charge on any atom is 0.135 e. The van der Waals surface area contributed by atoms with Crippen LogP contribution in [0.3, 0.4) is 0 Å². The summed E-state index contributed by atoms with van der Waals surface area (Å²) in [7, 11) is 0. The number of thiazole rings is 1. The molecule has 3 rings (SSSR count). The van der Waals surface area contributed by atoms with Crippen molar-refractivity contribution in [1.82, 2.24) is 4.98 Å². The highest BCUT2D eigenvalue weighted by Crippen LogP contribution is 2.43. The van der Waals surface area contributed by atoms with Crippen LogP contribution >= 0.6 is 45.6 Å². The lowest BCUT2D eigenvalue weighted by Gasteiger charge is -1.93. The van der Waals surface area contributed by atoms with Crippen LogP contribution in [0, 0.1) is 20.8 Å². The highest BCUT2D eigenvalue weighted by atomic mass is 35.5. The zero-order valence-electron chi connectivity index (χ0n) is 10.8. The van der Waals surface area contributed by atoms with Gasteiger partial charge in [0.15, 0.2) is 0 Å². The zero-order chi connectivity index (χ0) is 13.6. The van der Waals surface area contributed by atoms with Crippen LogP contribution in [0.1, 0.15) is 16.8 Å². The van der Waals surface area contributed by atoms with Crippen molar-refractivity contribution in [2.45, 2.75) is 20.8 Å². The molecule has 5 heteroatoms. The standard InChI is InChI=1S/C14H12ClNS3/c1-7-4-5-17-11(7)10-6-8(2)12(18-10)14-16-9(3)13(15)19-14/h4-6H,1-3H3. The molecule has 0 amide bonds. The lowest BCUT2D eigenvalue weighted by Crippen LogP contribution is -1.74. The Bertz CT molecular complexity index is 716. The van der Waals surface area contributed by atoms with Gasteiger partial charge in [-0.05, 0) is 49.4 Å². The second-order valence-corrected chi connectivity index (χ2v) is 8.00. The summed E-state index contributed by atoms with van der Waals surface area (Å²) in [5, 5.41) is 3.18. The number of hydrogen-bond acceptors (Lipinski definition) is 4. The van der Waals surface area contributed by atoms with Gasteiger partial charge in [-0.15, -0.1) is 34.0 Å². The molecular formula is C14H12ClNS3. The number of thiophene rings is 2. The molecule has 1 nitrogen and oxygen atoms in total. The molecule has 0 unspecified atom stereocenters. The van der Waals surface area contributed by atoms with Crippen molar-refractivity contribution in [3.05, 3.63) is 38.7 Å². The van der Waals surface area contributed by atoms with Crippen LogP contribution in [0.15, 0.2) is 17.5 Å². The Kier molecular flexibility index (Phi) is 3.52. The fourth-order valence-corrected chi connectivity index (χ4v) is 5.39. The van der Waals surface area contributed by atoms with E-state index in [2.05, 4.69) is 36.3 Å². The lowest BCUT2D eigenvalue weighted by molar-refractivity contribution is 1.27. The van der Waals surface area contributed by atoms with Crippen molar-refractivity contribution in [2.24, 2.45) is 0 Å². The van der Waals surface area contributed by atoms with Gasteiger partial charge in [0.25, 0.3) is 0 Å². The number of hydrogen-bond donors (Lipinski definition) is 0. The molecule has 0 atom stereocenters. The molecule has 3 aromatic heterocycles. The summed E-state index contributed by atoms with van der Waals surface area (Å²) in [6.45, 7) is 6.25. The molecule has 0 aliphatic carbocycles. The predicted octanol–water partition coefficient (Wildman–Crippen LogP) is 6.18. The molecule has 98 valence electrons. The molecule has 0 radical (unpaired) electrons. The van der Waals surface area contributed by atoms with Gasteiger partial charge in [0.2, 0.25) is 0 Å². The van der Waals surface area contributed by atoms with Crippen molar-refractivity contribution < 1.29 is 0 Å². The van der Waals surface area contributed by atoms with Crippen LogP contribution in [-0.2, 0) is 0 Å². The number of halogens is 1. The largest absolute Gasteiger partial charge is 0.239 e. The maximum atomic E-state index is 6.13. The van der Waals surface area contributed by atoms with Gasteiger partial charge < -0.3 is 0 Å². The lowest BCUT2D eigenvalue weighted by atomic mass is 10.2. The van der Waals surface area contributed by atoms with Crippen LogP contribution in [0.5, 0.6) is 0 Å². The number of aryl methyl sites for hydroxylation is 3. The summed E-state index contributed by atoms with van der Waals surface area (Å²) in [4.78, 5) is 8.48. The van der Waals surface area contributed by atoms with E-state index in [-0.39, 0.29) is 0 Å². The van der Waals surface area contributed by atoms with Crippen LogP contribution in [0.25, 0.3) is 19.6 Å². The molecular weight excluding hydrogens is 314 g/mol. The molecule has 0 fully saturated rings. The van der Waals surface area contributed by atoms with Crippen LogP contribution in [0.4, 0.5) is 0 Å². The quantitative estimate of drug-likeness (QED) is 0.548. The topological polar surface area (TPSA) is 12.9 Å². The molecule has 0 aliphatic rings. The average molecular weight is 326 g/mol. The monoisotopic (exact) mass is 325 g/mol.